The highest BCUT2D eigenvalue weighted by Gasteiger charge is 2.32. The van der Waals surface area contributed by atoms with E-state index in [1.54, 1.807) is 30.6 Å². The molecule has 1 aliphatic heterocycles. The van der Waals surface area contributed by atoms with Crippen LogP contribution in [0.3, 0.4) is 0 Å². The third-order valence-corrected chi connectivity index (χ3v) is 3.88. The Hall–Kier alpha value is -2.91. The van der Waals surface area contributed by atoms with Crippen molar-refractivity contribution in [3.05, 3.63) is 27.9 Å². The van der Waals surface area contributed by atoms with Gasteiger partial charge in [0.15, 0.2) is 0 Å². The Kier molecular flexibility index (Phi) is 5.33. The van der Waals surface area contributed by atoms with Crippen LogP contribution in [0.1, 0.15) is 38.1 Å². The second kappa shape index (κ2) is 7.14. The molecule has 1 amide bonds. The van der Waals surface area contributed by atoms with Crippen LogP contribution >= 0.6 is 0 Å². The fourth-order valence-corrected chi connectivity index (χ4v) is 2.68. The molecule has 1 aliphatic rings. The van der Waals surface area contributed by atoms with Crippen molar-refractivity contribution in [3.63, 3.8) is 0 Å². The van der Waals surface area contributed by atoms with Gasteiger partial charge in [0, 0.05) is 31.7 Å². The van der Waals surface area contributed by atoms with Crippen LogP contribution in [0.2, 0.25) is 0 Å². The molecule has 10 nitrogen and oxygen atoms in total. The van der Waals surface area contributed by atoms with E-state index in [0.29, 0.717) is 25.5 Å². The Morgan fingerprint density at radius 2 is 2.04 bits per heavy atom. The van der Waals surface area contributed by atoms with Crippen molar-refractivity contribution in [1.29, 1.82) is 0 Å². The van der Waals surface area contributed by atoms with Crippen molar-refractivity contribution < 1.29 is 24.4 Å². The summed E-state index contributed by atoms with van der Waals surface area (Å²) in [5.41, 5.74) is -1.56. The number of hydrogen-bond acceptors (Lipinski definition) is 7. The van der Waals surface area contributed by atoms with Crippen LogP contribution in [-0.2, 0) is 4.74 Å². The normalized spacial score (nSPS) is 17.8. The van der Waals surface area contributed by atoms with Gasteiger partial charge in [-0.25, -0.2) is 14.6 Å². The number of pyridine rings is 1. The molecule has 1 aromatic heterocycles. The largest absolute Gasteiger partial charge is 0.477 e. The number of rotatable bonds is 3. The monoisotopic (exact) mass is 366 g/mol. The zero-order valence-corrected chi connectivity index (χ0v) is 15.1. The number of anilines is 1. The van der Waals surface area contributed by atoms with Gasteiger partial charge in [0.2, 0.25) is 0 Å². The van der Waals surface area contributed by atoms with Gasteiger partial charge in [-0.2, -0.15) is 0 Å². The molecule has 0 saturated carbocycles. The fourth-order valence-electron chi connectivity index (χ4n) is 2.68. The number of aromatic carboxylic acids is 1. The van der Waals surface area contributed by atoms with Gasteiger partial charge < -0.3 is 19.6 Å². The number of carbonyl (C=O) groups is 2. The second-order valence-corrected chi connectivity index (χ2v) is 7.09. The van der Waals surface area contributed by atoms with Crippen LogP contribution in [0, 0.1) is 10.1 Å². The number of carbonyl (C=O) groups excluding carboxylic acids is 1. The lowest BCUT2D eigenvalue weighted by molar-refractivity contribution is -0.385. The topological polar surface area (TPSA) is 126 Å². The summed E-state index contributed by atoms with van der Waals surface area (Å²) >= 11 is 0. The summed E-state index contributed by atoms with van der Waals surface area (Å²) in [5.74, 6) is -1.07. The highest BCUT2D eigenvalue weighted by atomic mass is 16.6. The molecule has 0 unspecified atom stereocenters. The van der Waals surface area contributed by atoms with E-state index in [2.05, 4.69) is 4.98 Å². The van der Waals surface area contributed by atoms with Gasteiger partial charge in [-0.1, -0.05) is 0 Å². The summed E-state index contributed by atoms with van der Waals surface area (Å²) in [4.78, 5) is 41.1. The third kappa shape index (κ3) is 4.38. The summed E-state index contributed by atoms with van der Waals surface area (Å²) in [5, 5.41) is 20.1. The Labute approximate surface area is 150 Å². The molecule has 26 heavy (non-hydrogen) atoms. The standard InChI is InChI=1S/C16H22N4O6/c1-10-9-18(5-6-19(10)15(23)26-16(2,3)4)13-7-11(14(21)22)12(8-17-13)20(24)25/h7-8,10H,5-6,9H2,1-4H3,(H,21,22)/t10-/m1/s1. The molecule has 1 saturated heterocycles. The lowest BCUT2D eigenvalue weighted by Gasteiger charge is -2.40. The molecule has 2 heterocycles. The van der Waals surface area contributed by atoms with Gasteiger partial charge in [0.25, 0.3) is 0 Å². The first-order valence-electron chi connectivity index (χ1n) is 8.12. The molecule has 1 aromatic rings. The maximum Gasteiger partial charge on any atom is 0.410 e. The van der Waals surface area contributed by atoms with Gasteiger partial charge in [0.1, 0.15) is 23.2 Å². The van der Waals surface area contributed by atoms with E-state index >= 15 is 0 Å². The minimum absolute atomic E-state index is 0.191. The Balaban J connectivity index is 2.16. The summed E-state index contributed by atoms with van der Waals surface area (Å²) in [6, 6.07) is 1.000. The first-order chi connectivity index (χ1) is 12.0. The highest BCUT2D eigenvalue weighted by Crippen LogP contribution is 2.25. The van der Waals surface area contributed by atoms with Crippen molar-refractivity contribution in [2.75, 3.05) is 24.5 Å². The van der Waals surface area contributed by atoms with Gasteiger partial charge in [-0.05, 0) is 27.7 Å². The first-order valence-corrected chi connectivity index (χ1v) is 8.12. The third-order valence-electron chi connectivity index (χ3n) is 3.88. The van der Waals surface area contributed by atoms with Crippen LogP contribution in [-0.4, -0.2) is 63.3 Å². The Bertz CT molecular complexity index is 730. The van der Waals surface area contributed by atoms with Gasteiger partial charge >= 0.3 is 17.7 Å². The number of carboxylic acids is 1. The average Bonchev–Trinajstić information content (AvgIpc) is 2.52. The predicted octanol–water partition coefficient (Wildman–Crippen LogP) is 2.13. The second-order valence-electron chi connectivity index (χ2n) is 7.09. The van der Waals surface area contributed by atoms with Crippen LogP contribution in [0.25, 0.3) is 0 Å². The molecular formula is C16H22N4O6. The molecular weight excluding hydrogens is 344 g/mol. The van der Waals surface area contributed by atoms with E-state index in [-0.39, 0.29) is 6.04 Å². The number of aromatic nitrogens is 1. The first kappa shape index (κ1) is 19.4. The number of nitro groups is 1. The number of amides is 1. The Morgan fingerprint density at radius 3 is 2.54 bits per heavy atom. The van der Waals surface area contributed by atoms with Crippen LogP contribution in [0.5, 0.6) is 0 Å². The maximum absolute atomic E-state index is 12.2. The van der Waals surface area contributed by atoms with Crippen LogP contribution in [0.15, 0.2) is 12.3 Å². The minimum Gasteiger partial charge on any atom is -0.477 e. The van der Waals surface area contributed by atoms with Crippen LogP contribution < -0.4 is 4.90 Å². The van der Waals surface area contributed by atoms with Crippen LogP contribution in [0.4, 0.5) is 16.3 Å². The van der Waals surface area contributed by atoms with E-state index in [1.165, 1.54) is 6.07 Å². The summed E-state index contributed by atoms with van der Waals surface area (Å²) in [7, 11) is 0. The van der Waals surface area contributed by atoms with Crippen molar-refractivity contribution in [2.24, 2.45) is 0 Å². The number of ether oxygens (including phenoxy) is 1. The molecule has 10 heteroatoms. The van der Waals surface area contributed by atoms with Crippen molar-refractivity contribution in [2.45, 2.75) is 39.3 Å². The SMILES string of the molecule is C[C@@H]1CN(c2cc(C(=O)O)c([N+](=O)[O-])cn2)CCN1C(=O)OC(C)(C)C. The van der Waals surface area contributed by atoms with E-state index in [4.69, 9.17) is 4.74 Å². The summed E-state index contributed by atoms with van der Waals surface area (Å²) < 4.78 is 5.38. The summed E-state index contributed by atoms with van der Waals surface area (Å²) in [6.45, 7) is 8.41. The van der Waals surface area contributed by atoms with E-state index in [9.17, 15) is 24.8 Å². The van der Waals surface area contributed by atoms with E-state index in [1.807, 2.05) is 6.92 Å². The molecule has 142 valence electrons. The van der Waals surface area contributed by atoms with Crippen molar-refractivity contribution in [3.8, 4) is 0 Å². The lowest BCUT2D eigenvalue weighted by Crippen LogP contribution is -2.55. The Morgan fingerprint density at radius 1 is 1.38 bits per heavy atom. The quantitative estimate of drug-likeness (QED) is 0.637. The molecule has 0 radical (unpaired) electrons. The molecule has 0 aromatic carbocycles. The van der Waals surface area contributed by atoms with Crippen molar-refractivity contribution in [1.82, 2.24) is 9.88 Å². The average molecular weight is 366 g/mol. The lowest BCUT2D eigenvalue weighted by atomic mass is 10.1. The highest BCUT2D eigenvalue weighted by molar-refractivity contribution is 5.93. The molecule has 1 atom stereocenters. The maximum atomic E-state index is 12.2. The number of piperazine rings is 1. The summed E-state index contributed by atoms with van der Waals surface area (Å²) in [6.07, 6.45) is 0.538. The number of nitrogens with zero attached hydrogens (tertiary/aromatic N) is 4. The predicted molar refractivity (Wildman–Crippen MR) is 92.5 cm³/mol. The van der Waals surface area contributed by atoms with E-state index < -0.39 is 33.8 Å². The molecule has 1 N–H and O–H groups in total. The van der Waals surface area contributed by atoms with E-state index in [0.717, 1.165) is 6.20 Å². The van der Waals surface area contributed by atoms with Gasteiger partial charge in [-0.15, -0.1) is 0 Å². The molecule has 0 bridgehead atoms. The smallest absolute Gasteiger partial charge is 0.410 e. The number of hydrogen-bond donors (Lipinski definition) is 1. The molecule has 0 spiro atoms. The molecule has 1 fully saturated rings. The molecule has 2 rings (SSSR count). The zero-order chi connectivity index (χ0) is 19.6. The zero-order valence-electron chi connectivity index (χ0n) is 15.1. The van der Waals surface area contributed by atoms with Crippen molar-refractivity contribution >= 4 is 23.6 Å². The fraction of sp³-hybridized carbons (Fsp3) is 0.562. The van der Waals surface area contributed by atoms with Gasteiger partial charge in [0.05, 0.1) is 4.92 Å². The number of carboxylic acid groups (broad SMARTS) is 1. The molecule has 0 aliphatic carbocycles. The minimum atomic E-state index is -1.39. The van der Waals surface area contributed by atoms with Gasteiger partial charge in [-0.3, -0.25) is 10.1 Å².